The zero-order chi connectivity index (χ0) is 20.0. The Morgan fingerprint density at radius 3 is 2.62 bits per heavy atom. The minimum atomic E-state index is -0.571. The maximum absolute atomic E-state index is 13.3. The zero-order valence-corrected chi connectivity index (χ0v) is 14.8. The highest BCUT2D eigenvalue weighted by Gasteiger charge is 2.27. The summed E-state index contributed by atoms with van der Waals surface area (Å²) in [5, 5.41) is 14.9. The highest BCUT2D eigenvalue weighted by atomic mass is 16.6. The predicted molar refractivity (Wildman–Crippen MR) is 109 cm³/mol. The number of para-hydroxylation sites is 1. The Kier molecular flexibility index (Phi) is 3.70. The first-order valence-corrected chi connectivity index (χ1v) is 8.74. The fourth-order valence-corrected chi connectivity index (χ4v) is 3.35. The van der Waals surface area contributed by atoms with E-state index in [1.54, 1.807) is 36.5 Å². The number of nitro benzene ring substituents is 1. The van der Waals surface area contributed by atoms with Crippen molar-refractivity contribution >= 4 is 39.1 Å². The van der Waals surface area contributed by atoms with Crippen molar-refractivity contribution in [2.45, 2.75) is 0 Å². The Bertz CT molecular complexity index is 1430. The Hall–Kier alpha value is -4.33. The molecule has 0 bridgehead atoms. The average Bonchev–Trinajstić information content (AvgIpc) is 2.75. The summed E-state index contributed by atoms with van der Waals surface area (Å²) in [6.07, 6.45) is 1.58. The van der Waals surface area contributed by atoms with Crippen molar-refractivity contribution in [3.8, 4) is 11.5 Å². The lowest BCUT2D eigenvalue weighted by molar-refractivity contribution is -0.383. The summed E-state index contributed by atoms with van der Waals surface area (Å²) in [6, 6.07) is 16.9. The van der Waals surface area contributed by atoms with Crippen molar-refractivity contribution in [3.63, 3.8) is 0 Å². The van der Waals surface area contributed by atoms with Crippen LogP contribution in [0.25, 0.3) is 33.5 Å². The molecule has 8 nitrogen and oxygen atoms in total. The van der Waals surface area contributed by atoms with Crippen LogP contribution in [0.3, 0.4) is 0 Å². The van der Waals surface area contributed by atoms with Gasteiger partial charge < -0.3 is 9.73 Å². The van der Waals surface area contributed by atoms with Crippen LogP contribution < -0.4 is 10.7 Å². The van der Waals surface area contributed by atoms with E-state index >= 15 is 0 Å². The topological polar surface area (TPSA) is 111 Å². The molecule has 1 aliphatic heterocycles. The molecule has 8 heteroatoms. The predicted octanol–water partition coefficient (Wildman–Crippen LogP) is 4.49. The molecule has 29 heavy (non-hydrogen) atoms. The summed E-state index contributed by atoms with van der Waals surface area (Å²) < 4.78 is 5.98. The molecule has 0 fully saturated rings. The van der Waals surface area contributed by atoms with Crippen LogP contribution in [-0.2, 0) is 0 Å². The van der Waals surface area contributed by atoms with E-state index < -0.39 is 10.4 Å². The number of nitrogens with zero attached hydrogens (tertiary/aromatic N) is 3. The molecule has 0 saturated carbocycles. The van der Waals surface area contributed by atoms with E-state index in [0.717, 1.165) is 0 Å². The maximum atomic E-state index is 13.3. The number of non-ortho nitro benzene ring substituents is 1. The summed E-state index contributed by atoms with van der Waals surface area (Å²) >= 11 is 0. The van der Waals surface area contributed by atoms with Crippen molar-refractivity contribution in [2.24, 2.45) is 0 Å². The van der Waals surface area contributed by atoms with Crippen LogP contribution in [0.4, 0.5) is 17.1 Å². The first-order chi connectivity index (χ1) is 14.1. The number of aromatic nitrogens is 2. The van der Waals surface area contributed by atoms with E-state index in [1.807, 2.05) is 18.2 Å². The van der Waals surface area contributed by atoms with Gasteiger partial charge >= 0.3 is 0 Å². The van der Waals surface area contributed by atoms with Gasteiger partial charge in [0, 0.05) is 23.3 Å². The molecule has 0 saturated heterocycles. The van der Waals surface area contributed by atoms with Crippen LogP contribution in [0.15, 0.2) is 76.1 Å². The van der Waals surface area contributed by atoms with Crippen LogP contribution in [0.1, 0.15) is 0 Å². The number of anilines is 2. The van der Waals surface area contributed by atoms with Gasteiger partial charge in [0.05, 0.1) is 4.92 Å². The standard InChI is InChI=1S/C21H12N4O4/c26-19-16-13(8-4-9-14(16)25(27)28)17-20(18(19)23-12-6-2-1-3-7-12)29-15-10-5-11-22-21(15)24-17/h1-11,23H. The third-order valence-corrected chi connectivity index (χ3v) is 4.61. The van der Waals surface area contributed by atoms with E-state index in [-0.39, 0.29) is 22.5 Å². The van der Waals surface area contributed by atoms with Crippen molar-refractivity contribution in [1.82, 2.24) is 9.97 Å². The normalized spacial score (nSPS) is 11.2. The summed E-state index contributed by atoms with van der Waals surface area (Å²) in [4.78, 5) is 33.1. The van der Waals surface area contributed by atoms with E-state index in [2.05, 4.69) is 15.3 Å². The summed E-state index contributed by atoms with van der Waals surface area (Å²) in [5.74, 6) is 0.215. The molecular formula is C21H12N4O4. The Morgan fingerprint density at radius 1 is 1.00 bits per heavy atom. The molecule has 2 aromatic carbocycles. The number of fused-ring (bicyclic) bond motifs is 4. The van der Waals surface area contributed by atoms with E-state index in [9.17, 15) is 14.9 Å². The molecule has 1 aliphatic carbocycles. The molecular weight excluding hydrogens is 372 g/mol. The van der Waals surface area contributed by atoms with Gasteiger partial charge in [-0.15, -0.1) is 0 Å². The first kappa shape index (κ1) is 16.8. The van der Waals surface area contributed by atoms with Gasteiger partial charge in [-0.3, -0.25) is 14.9 Å². The molecule has 2 aliphatic rings. The second kappa shape index (κ2) is 6.38. The van der Waals surface area contributed by atoms with Gasteiger partial charge in [0.1, 0.15) is 16.8 Å². The molecule has 1 N–H and O–H groups in total. The Labute approximate surface area is 162 Å². The van der Waals surface area contributed by atoms with E-state index in [0.29, 0.717) is 28.0 Å². The smallest absolute Gasteiger partial charge is 0.281 e. The number of nitrogens with one attached hydrogen (secondary N) is 1. The number of rotatable bonds is 3. The van der Waals surface area contributed by atoms with Gasteiger partial charge in [-0.25, -0.2) is 9.97 Å². The quantitative estimate of drug-likeness (QED) is 0.211. The van der Waals surface area contributed by atoms with Crippen molar-refractivity contribution in [3.05, 3.63) is 87.2 Å². The Balaban J connectivity index is 1.96. The van der Waals surface area contributed by atoms with Crippen LogP contribution >= 0.6 is 0 Å². The van der Waals surface area contributed by atoms with Crippen molar-refractivity contribution in [2.75, 3.05) is 5.32 Å². The van der Waals surface area contributed by atoms with E-state index in [1.165, 1.54) is 12.1 Å². The van der Waals surface area contributed by atoms with Gasteiger partial charge in [-0.05, 0) is 24.3 Å². The molecule has 0 radical (unpaired) electrons. The first-order valence-electron chi connectivity index (χ1n) is 8.74. The summed E-state index contributed by atoms with van der Waals surface area (Å²) in [7, 11) is 0. The number of nitro groups is 1. The zero-order valence-electron chi connectivity index (χ0n) is 14.8. The minimum absolute atomic E-state index is 0.0265. The lowest BCUT2D eigenvalue weighted by atomic mass is 10.0. The summed E-state index contributed by atoms with van der Waals surface area (Å²) in [5.41, 5.74) is 0.993. The van der Waals surface area contributed by atoms with Gasteiger partial charge in [0.25, 0.3) is 5.69 Å². The second-order valence-electron chi connectivity index (χ2n) is 6.37. The van der Waals surface area contributed by atoms with Gasteiger partial charge in [0.2, 0.25) is 5.43 Å². The average molecular weight is 384 g/mol. The van der Waals surface area contributed by atoms with Gasteiger partial charge in [-0.1, -0.05) is 30.3 Å². The van der Waals surface area contributed by atoms with Gasteiger partial charge in [0.15, 0.2) is 17.0 Å². The fraction of sp³-hybridized carbons (Fsp3) is 0. The minimum Gasteiger partial charge on any atom is -0.449 e. The largest absolute Gasteiger partial charge is 0.449 e. The number of hydrogen-bond donors (Lipinski definition) is 1. The molecule has 5 rings (SSSR count). The van der Waals surface area contributed by atoms with Crippen LogP contribution in [0.2, 0.25) is 0 Å². The highest BCUT2D eigenvalue weighted by molar-refractivity contribution is 6.05. The highest BCUT2D eigenvalue weighted by Crippen LogP contribution is 2.38. The SMILES string of the molecule is O=c1c(Nc2ccccc2)c2oc3cccnc3nc-2c2cccc([N+](=O)[O-])c12. The molecule has 0 amide bonds. The van der Waals surface area contributed by atoms with Crippen LogP contribution in [0.5, 0.6) is 0 Å². The molecule has 140 valence electrons. The molecule has 1 aromatic heterocycles. The molecule has 3 aromatic rings. The maximum Gasteiger partial charge on any atom is 0.281 e. The third kappa shape index (κ3) is 2.66. The van der Waals surface area contributed by atoms with E-state index in [4.69, 9.17) is 4.42 Å². The summed E-state index contributed by atoms with van der Waals surface area (Å²) in [6.45, 7) is 0. The molecule has 0 spiro atoms. The third-order valence-electron chi connectivity index (χ3n) is 4.61. The fourth-order valence-electron chi connectivity index (χ4n) is 3.35. The van der Waals surface area contributed by atoms with Crippen molar-refractivity contribution < 1.29 is 9.34 Å². The second-order valence-corrected chi connectivity index (χ2v) is 6.37. The number of benzene rings is 3. The number of pyridine rings is 1. The Morgan fingerprint density at radius 2 is 1.83 bits per heavy atom. The van der Waals surface area contributed by atoms with Gasteiger partial charge in [-0.2, -0.15) is 0 Å². The lowest BCUT2D eigenvalue weighted by Gasteiger charge is -2.15. The monoisotopic (exact) mass is 384 g/mol. The molecule has 0 unspecified atom stereocenters. The molecule has 0 atom stereocenters. The van der Waals surface area contributed by atoms with Crippen LogP contribution in [0, 0.1) is 10.1 Å². The van der Waals surface area contributed by atoms with Crippen molar-refractivity contribution in [1.29, 1.82) is 0 Å². The lowest BCUT2D eigenvalue weighted by Crippen LogP contribution is -2.14. The van der Waals surface area contributed by atoms with Crippen LogP contribution in [-0.4, -0.2) is 14.9 Å². The number of hydrogen-bond acceptors (Lipinski definition) is 7. The molecule has 2 heterocycles.